The van der Waals surface area contributed by atoms with E-state index in [9.17, 15) is 9.90 Å². The van der Waals surface area contributed by atoms with Crippen LogP contribution < -0.4 is 11.1 Å². The molecule has 0 unspecified atom stereocenters. The highest BCUT2D eigenvalue weighted by molar-refractivity contribution is 6.04. The van der Waals surface area contributed by atoms with Crippen LogP contribution in [0.2, 0.25) is 0 Å². The third-order valence-electron chi connectivity index (χ3n) is 7.03. The number of β-amino-alcohol motifs (C(OH)–C–C–N with tert-alkyl or cyclic N) is 1. The number of anilines is 2. The molecular weight excluding hydrogens is 426 g/mol. The first-order valence-corrected chi connectivity index (χ1v) is 12.3. The minimum Gasteiger partial charge on any atom is -0.398 e. The number of benzene rings is 2. The van der Waals surface area contributed by atoms with Gasteiger partial charge in [0, 0.05) is 68.1 Å². The van der Waals surface area contributed by atoms with Gasteiger partial charge in [-0.25, -0.2) is 0 Å². The Morgan fingerprint density at radius 2 is 1.82 bits per heavy atom. The number of aryl methyl sites for hydroxylation is 2. The van der Waals surface area contributed by atoms with Gasteiger partial charge < -0.3 is 25.6 Å². The van der Waals surface area contributed by atoms with Crippen molar-refractivity contribution in [2.75, 3.05) is 50.4 Å². The van der Waals surface area contributed by atoms with Gasteiger partial charge in [-0.15, -0.1) is 0 Å². The van der Waals surface area contributed by atoms with E-state index in [1.807, 2.05) is 35.2 Å². The predicted molar refractivity (Wildman–Crippen MR) is 139 cm³/mol. The van der Waals surface area contributed by atoms with E-state index < -0.39 is 0 Å². The molecule has 1 saturated heterocycles. The van der Waals surface area contributed by atoms with Crippen molar-refractivity contribution in [1.29, 1.82) is 0 Å². The molecule has 0 saturated carbocycles. The zero-order valence-electron chi connectivity index (χ0n) is 20.6. The molecule has 4 N–H and O–H groups in total. The van der Waals surface area contributed by atoms with Crippen molar-refractivity contribution in [1.82, 2.24) is 14.4 Å². The van der Waals surface area contributed by atoms with Gasteiger partial charge in [0.05, 0.1) is 17.8 Å². The van der Waals surface area contributed by atoms with E-state index in [4.69, 9.17) is 5.73 Å². The summed E-state index contributed by atoms with van der Waals surface area (Å²) >= 11 is 0. The molecule has 182 valence electrons. The lowest BCUT2D eigenvalue weighted by Crippen LogP contribution is -2.49. The molecule has 1 aliphatic rings. The minimum absolute atomic E-state index is 0.0631. The van der Waals surface area contributed by atoms with Crippen LogP contribution in [0.4, 0.5) is 11.4 Å². The number of aromatic nitrogens is 1. The molecule has 1 aromatic heterocycles. The standard InChI is InChI=1S/C27H37N5O2/c1-4-9-32-20(3)19(2)23-16-22(27(34)31-12-10-30(11-13-31)14-15-33)17-25(26(23)32)29-18-21-7-5-6-8-24(21)28/h5-8,16-17,29,33H,4,9-15,18,28H2,1-3H3. The number of piperazine rings is 1. The Morgan fingerprint density at radius 1 is 1.09 bits per heavy atom. The molecule has 0 radical (unpaired) electrons. The highest BCUT2D eigenvalue weighted by atomic mass is 16.3. The third kappa shape index (κ3) is 4.76. The molecule has 1 fully saturated rings. The zero-order chi connectivity index (χ0) is 24.2. The first kappa shape index (κ1) is 24.1. The second-order valence-corrected chi connectivity index (χ2v) is 9.19. The fourth-order valence-electron chi connectivity index (χ4n) is 4.92. The molecule has 7 heteroatoms. The van der Waals surface area contributed by atoms with Gasteiger partial charge in [-0.3, -0.25) is 9.69 Å². The quantitative estimate of drug-likeness (QED) is 0.444. The van der Waals surface area contributed by atoms with E-state index in [1.165, 1.54) is 11.3 Å². The lowest BCUT2D eigenvalue weighted by Gasteiger charge is -2.34. The summed E-state index contributed by atoms with van der Waals surface area (Å²) in [6.07, 6.45) is 1.04. The number of carbonyl (C=O) groups excluding carboxylic acids is 1. The lowest BCUT2D eigenvalue weighted by molar-refractivity contribution is 0.0615. The minimum atomic E-state index is 0.0631. The smallest absolute Gasteiger partial charge is 0.254 e. The van der Waals surface area contributed by atoms with Crippen LogP contribution in [0.15, 0.2) is 36.4 Å². The zero-order valence-corrected chi connectivity index (χ0v) is 20.6. The number of carbonyl (C=O) groups is 1. The second-order valence-electron chi connectivity index (χ2n) is 9.19. The Balaban J connectivity index is 1.70. The Morgan fingerprint density at radius 3 is 2.50 bits per heavy atom. The van der Waals surface area contributed by atoms with E-state index in [1.54, 1.807) is 0 Å². The number of para-hydroxylation sites is 1. The largest absolute Gasteiger partial charge is 0.398 e. The Hall–Kier alpha value is -3.03. The van der Waals surface area contributed by atoms with Crippen molar-refractivity contribution in [3.05, 3.63) is 58.8 Å². The molecule has 2 aromatic carbocycles. The number of nitrogens with zero attached hydrogens (tertiary/aromatic N) is 3. The summed E-state index contributed by atoms with van der Waals surface area (Å²) in [5, 5.41) is 13.9. The van der Waals surface area contributed by atoms with Crippen molar-refractivity contribution in [2.45, 2.75) is 40.3 Å². The van der Waals surface area contributed by atoms with Gasteiger partial charge in [-0.2, -0.15) is 0 Å². The first-order valence-electron chi connectivity index (χ1n) is 12.3. The van der Waals surface area contributed by atoms with Crippen LogP contribution in [0.3, 0.4) is 0 Å². The number of nitrogens with two attached hydrogens (primary N) is 1. The molecule has 2 heterocycles. The predicted octanol–water partition coefficient (Wildman–Crippen LogP) is 3.61. The summed E-state index contributed by atoms with van der Waals surface area (Å²) in [6, 6.07) is 11.9. The Labute approximate surface area is 202 Å². The van der Waals surface area contributed by atoms with Gasteiger partial charge >= 0.3 is 0 Å². The van der Waals surface area contributed by atoms with Gasteiger partial charge in [0.2, 0.25) is 0 Å². The summed E-state index contributed by atoms with van der Waals surface area (Å²) in [5.41, 5.74) is 13.3. The van der Waals surface area contributed by atoms with Crippen LogP contribution in [0.25, 0.3) is 10.9 Å². The number of amides is 1. The highest BCUT2D eigenvalue weighted by Gasteiger charge is 2.24. The second kappa shape index (κ2) is 10.5. The third-order valence-corrected chi connectivity index (χ3v) is 7.03. The fourth-order valence-corrected chi connectivity index (χ4v) is 4.92. The number of hydrogen-bond acceptors (Lipinski definition) is 5. The fraction of sp³-hybridized carbons (Fsp3) is 0.444. The number of fused-ring (bicyclic) bond motifs is 1. The number of rotatable bonds is 8. The van der Waals surface area contributed by atoms with Crippen molar-refractivity contribution in [2.24, 2.45) is 0 Å². The average Bonchev–Trinajstić information content (AvgIpc) is 3.09. The molecule has 7 nitrogen and oxygen atoms in total. The average molecular weight is 464 g/mol. The van der Waals surface area contributed by atoms with Gasteiger partial charge in [-0.05, 0) is 49.6 Å². The van der Waals surface area contributed by atoms with Gasteiger partial charge in [-0.1, -0.05) is 25.1 Å². The first-order chi connectivity index (χ1) is 16.4. The molecule has 3 aromatic rings. The number of hydrogen-bond donors (Lipinski definition) is 3. The maximum Gasteiger partial charge on any atom is 0.254 e. The van der Waals surface area contributed by atoms with Crippen molar-refractivity contribution >= 4 is 28.2 Å². The van der Waals surface area contributed by atoms with Crippen LogP contribution in [0, 0.1) is 13.8 Å². The van der Waals surface area contributed by atoms with Crippen molar-refractivity contribution in [3.8, 4) is 0 Å². The van der Waals surface area contributed by atoms with Crippen LogP contribution >= 0.6 is 0 Å². The van der Waals surface area contributed by atoms with E-state index in [2.05, 4.69) is 41.6 Å². The summed E-state index contributed by atoms with van der Waals surface area (Å²) in [6.45, 7) is 11.8. The van der Waals surface area contributed by atoms with E-state index in [-0.39, 0.29) is 12.5 Å². The maximum atomic E-state index is 13.5. The molecule has 0 aliphatic carbocycles. The monoisotopic (exact) mass is 463 g/mol. The van der Waals surface area contributed by atoms with Gasteiger partial charge in [0.1, 0.15) is 0 Å². The summed E-state index contributed by atoms with van der Waals surface area (Å²) in [7, 11) is 0. The molecule has 34 heavy (non-hydrogen) atoms. The summed E-state index contributed by atoms with van der Waals surface area (Å²) in [5.74, 6) is 0.0631. The van der Waals surface area contributed by atoms with Crippen LogP contribution in [0.5, 0.6) is 0 Å². The number of nitrogen functional groups attached to an aromatic ring is 1. The molecular formula is C27H37N5O2. The van der Waals surface area contributed by atoms with Gasteiger partial charge in [0.25, 0.3) is 5.91 Å². The lowest BCUT2D eigenvalue weighted by atomic mass is 10.1. The number of aliphatic hydroxyl groups is 1. The maximum absolute atomic E-state index is 13.5. The highest BCUT2D eigenvalue weighted by Crippen LogP contribution is 2.34. The van der Waals surface area contributed by atoms with Crippen LogP contribution in [-0.2, 0) is 13.1 Å². The van der Waals surface area contributed by atoms with E-state index >= 15 is 0 Å². The molecule has 1 amide bonds. The van der Waals surface area contributed by atoms with E-state index in [0.29, 0.717) is 31.7 Å². The summed E-state index contributed by atoms with van der Waals surface area (Å²) < 4.78 is 2.36. The number of aliphatic hydroxyl groups excluding tert-OH is 1. The van der Waals surface area contributed by atoms with E-state index in [0.717, 1.165) is 53.9 Å². The molecule has 1 aliphatic heterocycles. The van der Waals surface area contributed by atoms with Gasteiger partial charge in [0.15, 0.2) is 0 Å². The molecule has 0 spiro atoms. The normalized spacial score (nSPS) is 14.6. The molecule has 4 rings (SSSR count). The molecule has 0 atom stereocenters. The van der Waals surface area contributed by atoms with Crippen LogP contribution in [-0.4, -0.2) is 64.7 Å². The van der Waals surface area contributed by atoms with Crippen molar-refractivity contribution in [3.63, 3.8) is 0 Å². The SMILES string of the molecule is CCCn1c(C)c(C)c2cc(C(=O)N3CCN(CCO)CC3)cc(NCc3ccccc3N)c21. The summed E-state index contributed by atoms with van der Waals surface area (Å²) in [4.78, 5) is 17.6. The Bertz CT molecular complexity index is 1160. The number of nitrogens with one attached hydrogen (secondary N) is 1. The molecule has 0 bridgehead atoms. The van der Waals surface area contributed by atoms with Crippen LogP contribution in [0.1, 0.15) is 40.5 Å². The topological polar surface area (TPSA) is 86.8 Å². The van der Waals surface area contributed by atoms with Crippen molar-refractivity contribution < 1.29 is 9.90 Å². The Kier molecular flexibility index (Phi) is 7.44.